The van der Waals surface area contributed by atoms with Crippen molar-refractivity contribution in [3.8, 4) is 0 Å². The van der Waals surface area contributed by atoms with E-state index in [1.54, 1.807) is 11.3 Å². The van der Waals surface area contributed by atoms with Gasteiger partial charge in [0, 0.05) is 11.4 Å². The van der Waals surface area contributed by atoms with Crippen molar-refractivity contribution in [2.24, 2.45) is 10.7 Å². The molecule has 2 aromatic rings. The lowest BCUT2D eigenvalue weighted by atomic mass is 10.1. The first-order chi connectivity index (χ1) is 10.4. The molecule has 0 aliphatic heterocycles. The van der Waals surface area contributed by atoms with Gasteiger partial charge < -0.3 is 11.1 Å². The molecule has 0 aliphatic carbocycles. The quantitative estimate of drug-likeness (QED) is 0.407. The first-order valence-electron chi connectivity index (χ1n) is 6.67. The molecule has 0 fully saturated rings. The maximum atomic E-state index is 12.4. The Balaban J connectivity index is 0.00000264. The number of guanidine groups is 1. The molecule has 0 spiro atoms. The second-order valence-electron chi connectivity index (χ2n) is 4.65. The molecule has 0 radical (unpaired) electrons. The summed E-state index contributed by atoms with van der Waals surface area (Å²) in [6, 6.07) is 8.94. The number of nitrogens with two attached hydrogens (primary N) is 1. The molecule has 8 heteroatoms. The van der Waals surface area contributed by atoms with Crippen LogP contribution < -0.4 is 11.1 Å². The second-order valence-corrected chi connectivity index (χ2v) is 5.68. The van der Waals surface area contributed by atoms with Gasteiger partial charge in [-0.15, -0.1) is 35.3 Å². The van der Waals surface area contributed by atoms with Gasteiger partial charge in [0.2, 0.25) is 0 Å². The summed E-state index contributed by atoms with van der Waals surface area (Å²) in [7, 11) is 0. The molecule has 0 saturated carbocycles. The Hall–Kier alpha value is -1.29. The van der Waals surface area contributed by atoms with Gasteiger partial charge in [0.05, 0.1) is 12.1 Å². The van der Waals surface area contributed by atoms with Crippen LogP contribution in [0.15, 0.2) is 46.8 Å². The molecule has 0 unspecified atom stereocenters. The summed E-state index contributed by atoms with van der Waals surface area (Å²) < 4.78 is 37.3. The van der Waals surface area contributed by atoms with E-state index in [0.29, 0.717) is 12.1 Å². The number of hydrogen-bond acceptors (Lipinski definition) is 2. The molecule has 1 heterocycles. The summed E-state index contributed by atoms with van der Waals surface area (Å²) in [4.78, 5) is 5.36. The Kier molecular flexibility index (Phi) is 7.83. The van der Waals surface area contributed by atoms with Crippen molar-refractivity contribution in [1.82, 2.24) is 5.32 Å². The van der Waals surface area contributed by atoms with Crippen LogP contribution in [-0.4, -0.2) is 12.5 Å². The molecule has 3 N–H and O–H groups in total. The summed E-state index contributed by atoms with van der Waals surface area (Å²) in [5, 5.41) is 4.99. The highest BCUT2D eigenvalue weighted by molar-refractivity contribution is 14.0. The van der Waals surface area contributed by atoms with Crippen LogP contribution in [0.2, 0.25) is 0 Å². The van der Waals surface area contributed by atoms with E-state index >= 15 is 0 Å². The number of hydrogen-bond donors (Lipinski definition) is 2. The first-order valence-corrected chi connectivity index (χ1v) is 7.55. The molecule has 0 amide bonds. The van der Waals surface area contributed by atoms with Gasteiger partial charge in [0.25, 0.3) is 0 Å². The second kappa shape index (κ2) is 9.11. The molecule has 1 aromatic heterocycles. The minimum atomic E-state index is -4.32. The Morgan fingerprint density at radius 1 is 1.17 bits per heavy atom. The number of rotatable bonds is 5. The summed E-state index contributed by atoms with van der Waals surface area (Å²) in [5.74, 6) is 0.288. The minimum Gasteiger partial charge on any atom is -0.370 e. The predicted molar refractivity (Wildman–Crippen MR) is 98.2 cm³/mol. The molecule has 2 rings (SSSR count). The lowest BCUT2D eigenvalue weighted by molar-refractivity contribution is -0.137. The van der Waals surface area contributed by atoms with E-state index in [2.05, 4.69) is 10.3 Å². The van der Waals surface area contributed by atoms with E-state index in [-0.39, 0.29) is 36.5 Å². The molecule has 1 aromatic carbocycles. The number of alkyl halides is 3. The van der Waals surface area contributed by atoms with Crippen LogP contribution >= 0.6 is 35.3 Å². The molecule has 0 saturated heterocycles. The van der Waals surface area contributed by atoms with Gasteiger partial charge in [-0.3, -0.25) is 0 Å². The van der Waals surface area contributed by atoms with Crippen molar-refractivity contribution < 1.29 is 13.2 Å². The summed E-state index contributed by atoms with van der Waals surface area (Å²) in [6.45, 7) is 0.916. The Morgan fingerprint density at radius 3 is 2.43 bits per heavy atom. The van der Waals surface area contributed by atoms with Crippen LogP contribution in [0.1, 0.15) is 16.0 Å². The third-order valence-electron chi connectivity index (χ3n) is 2.97. The standard InChI is InChI=1S/C15H16F3N3S.HI/c16-15(17,18)12-5-3-11(4-6-12)10-21-14(19)20-8-7-13-2-1-9-22-13;/h1-6,9H,7-8,10H2,(H3,19,20,21);1H. The van der Waals surface area contributed by atoms with Crippen LogP contribution in [0.4, 0.5) is 13.2 Å². The molecule has 126 valence electrons. The highest BCUT2D eigenvalue weighted by Gasteiger charge is 2.29. The van der Waals surface area contributed by atoms with Crippen molar-refractivity contribution in [3.05, 3.63) is 57.8 Å². The van der Waals surface area contributed by atoms with Crippen molar-refractivity contribution in [2.75, 3.05) is 6.54 Å². The van der Waals surface area contributed by atoms with E-state index < -0.39 is 11.7 Å². The summed E-state index contributed by atoms with van der Waals surface area (Å²) in [6.07, 6.45) is -3.46. The van der Waals surface area contributed by atoms with Crippen LogP contribution in [0, 0.1) is 0 Å². The molecule has 0 atom stereocenters. The van der Waals surface area contributed by atoms with Gasteiger partial charge >= 0.3 is 6.18 Å². The number of aliphatic imine (C=N–C) groups is 1. The average molecular weight is 455 g/mol. The van der Waals surface area contributed by atoms with Crippen molar-refractivity contribution in [3.63, 3.8) is 0 Å². The molecule has 0 aliphatic rings. The Bertz CT molecular complexity index is 610. The van der Waals surface area contributed by atoms with Crippen molar-refractivity contribution in [1.29, 1.82) is 0 Å². The number of nitrogens with one attached hydrogen (secondary N) is 1. The van der Waals surface area contributed by atoms with Crippen LogP contribution in [0.5, 0.6) is 0 Å². The number of benzene rings is 1. The van der Waals surface area contributed by atoms with E-state index in [0.717, 1.165) is 18.6 Å². The number of halogens is 4. The summed E-state index contributed by atoms with van der Waals surface area (Å²) in [5.41, 5.74) is 5.73. The van der Waals surface area contributed by atoms with Crippen LogP contribution in [0.25, 0.3) is 0 Å². The Morgan fingerprint density at radius 2 is 1.87 bits per heavy atom. The predicted octanol–water partition coefficient (Wildman–Crippen LogP) is 4.03. The van der Waals surface area contributed by atoms with Gasteiger partial charge in [-0.25, -0.2) is 4.99 Å². The zero-order valence-corrected chi connectivity index (χ0v) is 15.3. The Labute approximate surface area is 153 Å². The van der Waals surface area contributed by atoms with E-state index in [4.69, 9.17) is 5.73 Å². The first kappa shape index (κ1) is 19.8. The topological polar surface area (TPSA) is 50.4 Å². The minimum absolute atomic E-state index is 0. The lowest BCUT2D eigenvalue weighted by Crippen LogP contribution is -2.33. The summed E-state index contributed by atoms with van der Waals surface area (Å²) >= 11 is 1.68. The average Bonchev–Trinajstić information content (AvgIpc) is 2.98. The van der Waals surface area contributed by atoms with E-state index in [9.17, 15) is 13.2 Å². The molecular formula is C15H17F3IN3S. The number of nitrogens with zero attached hydrogens (tertiary/aromatic N) is 1. The number of thiophene rings is 1. The molecule has 0 bridgehead atoms. The van der Waals surface area contributed by atoms with Gasteiger partial charge in [-0.2, -0.15) is 13.2 Å². The lowest BCUT2D eigenvalue weighted by Gasteiger charge is -2.07. The maximum Gasteiger partial charge on any atom is 0.416 e. The monoisotopic (exact) mass is 455 g/mol. The SMILES string of the molecule is I.NC(=NCc1ccc(C(F)(F)F)cc1)NCCc1cccs1. The van der Waals surface area contributed by atoms with Crippen molar-refractivity contribution >= 4 is 41.3 Å². The van der Waals surface area contributed by atoms with Gasteiger partial charge in [-0.1, -0.05) is 18.2 Å². The van der Waals surface area contributed by atoms with E-state index in [1.807, 2.05) is 17.5 Å². The largest absolute Gasteiger partial charge is 0.416 e. The van der Waals surface area contributed by atoms with Gasteiger partial charge in [0.15, 0.2) is 5.96 Å². The molecule has 3 nitrogen and oxygen atoms in total. The third kappa shape index (κ3) is 6.78. The molecular weight excluding hydrogens is 438 g/mol. The zero-order chi connectivity index (χ0) is 16.0. The fraction of sp³-hybridized carbons (Fsp3) is 0.267. The third-order valence-corrected chi connectivity index (χ3v) is 3.91. The normalized spacial score (nSPS) is 11.9. The van der Waals surface area contributed by atoms with Crippen molar-refractivity contribution in [2.45, 2.75) is 19.1 Å². The van der Waals surface area contributed by atoms with Crippen LogP contribution in [0.3, 0.4) is 0 Å². The highest BCUT2D eigenvalue weighted by Crippen LogP contribution is 2.29. The fourth-order valence-corrected chi connectivity index (χ4v) is 2.51. The smallest absolute Gasteiger partial charge is 0.370 e. The fourth-order valence-electron chi connectivity index (χ4n) is 1.80. The maximum absolute atomic E-state index is 12.4. The van der Waals surface area contributed by atoms with Gasteiger partial charge in [0.1, 0.15) is 0 Å². The van der Waals surface area contributed by atoms with Gasteiger partial charge in [-0.05, 0) is 35.6 Å². The van der Waals surface area contributed by atoms with E-state index in [1.165, 1.54) is 17.0 Å². The molecule has 23 heavy (non-hydrogen) atoms. The highest BCUT2D eigenvalue weighted by atomic mass is 127. The van der Waals surface area contributed by atoms with Crippen LogP contribution in [-0.2, 0) is 19.1 Å². The zero-order valence-electron chi connectivity index (χ0n) is 12.1.